The molecule has 0 saturated heterocycles. The third kappa shape index (κ3) is 3.56. The molecule has 0 bridgehead atoms. The summed E-state index contributed by atoms with van der Waals surface area (Å²) in [6.45, 7) is 8.02. The van der Waals surface area contributed by atoms with Crippen molar-refractivity contribution in [3.8, 4) is 0 Å². The van der Waals surface area contributed by atoms with Gasteiger partial charge in [-0.05, 0) is 24.1 Å². The number of allylic oxidation sites excluding steroid dienone is 2. The van der Waals surface area contributed by atoms with E-state index < -0.39 is 0 Å². The highest BCUT2D eigenvalue weighted by atomic mass is 14.7. The molecular weight excluding hydrogens is 170 g/mol. The van der Waals surface area contributed by atoms with Crippen LogP contribution in [0.25, 0.3) is 6.08 Å². The van der Waals surface area contributed by atoms with E-state index in [1.165, 1.54) is 0 Å². The molecule has 14 heavy (non-hydrogen) atoms. The van der Waals surface area contributed by atoms with E-state index in [9.17, 15) is 0 Å². The molecule has 0 aliphatic rings. The van der Waals surface area contributed by atoms with Gasteiger partial charge in [0.05, 0.1) is 5.69 Å². The van der Waals surface area contributed by atoms with E-state index in [0.29, 0.717) is 5.92 Å². The summed E-state index contributed by atoms with van der Waals surface area (Å²) < 4.78 is 0. The van der Waals surface area contributed by atoms with Gasteiger partial charge in [0.1, 0.15) is 0 Å². The second-order valence-corrected chi connectivity index (χ2v) is 3.65. The van der Waals surface area contributed by atoms with E-state index in [4.69, 9.17) is 0 Å². The normalized spacial score (nSPS) is 11.1. The average molecular weight is 187 g/mol. The van der Waals surface area contributed by atoms with Gasteiger partial charge in [0.15, 0.2) is 0 Å². The molecule has 0 aliphatic carbocycles. The van der Waals surface area contributed by atoms with Crippen LogP contribution in [0.2, 0.25) is 0 Å². The van der Waals surface area contributed by atoms with E-state index >= 15 is 0 Å². The third-order valence-corrected chi connectivity index (χ3v) is 1.83. The monoisotopic (exact) mass is 187 g/mol. The Morgan fingerprint density at radius 1 is 1.43 bits per heavy atom. The molecule has 0 aliphatic heterocycles. The van der Waals surface area contributed by atoms with Crippen LogP contribution in [-0.2, 0) is 6.42 Å². The zero-order chi connectivity index (χ0) is 10.4. The molecule has 1 rings (SSSR count). The van der Waals surface area contributed by atoms with Crippen molar-refractivity contribution in [2.45, 2.75) is 20.3 Å². The Morgan fingerprint density at radius 3 is 2.86 bits per heavy atom. The third-order valence-electron chi connectivity index (χ3n) is 1.83. The minimum atomic E-state index is 0.569. The maximum absolute atomic E-state index is 4.48. The molecule has 0 amide bonds. The van der Waals surface area contributed by atoms with Gasteiger partial charge in [-0.3, -0.25) is 4.98 Å². The first kappa shape index (κ1) is 10.7. The quantitative estimate of drug-likeness (QED) is 0.658. The summed E-state index contributed by atoms with van der Waals surface area (Å²) in [5.41, 5.74) is 2.10. The van der Waals surface area contributed by atoms with Crippen molar-refractivity contribution in [1.29, 1.82) is 0 Å². The Bertz CT molecular complexity index is 324. The van der Waals surface area contributed by atoms with Gasteiger partial charge < -0.3 is 0 Å². The minimum absolute atomic E-state index is 0.569. The molecule has 1 nitrogen and oxygen atoms in total. The molecular formula is C13H17N. The van der Waals surface area contributed by atoms with Crippen molar-refractivity contribution >= 4 is 6.08 Å². The fourth-order valence-electron chi connectivity index (χ4n) is 1.14. The molecule has 0 unspecified atom stereocenters. The largest absolute Gasteiger partial charge is 0.253 e. The highest BCUT2D eigenvalue weighted by Gasteiger charge is 1.93. The lowest BCUT2D eigenvalue weighted by molar-refractivity contribution is 0.836. The van der Waals surface area contributed by atoms with Gasteiger partial charge in [-0.2, -0.15) is 0 Å². The number of hydrogen-bond donors (Lipinski definition) is 0. The van der Waals surface area contributed by atoms with Crippen molar-refractivity contribution in [3.05, 3.63) is 48.3 Å². The van der Waals surface area contributed by atoms with Crippen molar-refractivity contribution < 1.29 is 0 Å². The summed E-state index contributed by atoms with van der Waals surface area (Å²) >= 11 is 0. The molecule has 1 heteroatoms. The molecule has 0 spiro atoms. The summed E-state index contributed by atoms with van der Waals surface area (Å²) in [4.78, 5) is 4.48. The van der Waals surface area contributed by atoms with Crippen LogP contribution in [0.3, 0.4) is 0 Å². The Balaban J connectivity index is 2.77. The van der Waals surface area contributed by atoms with Crippen LogP contribution in [0.5, 0.6) is 0 Å². The first-order valence-electron chi connectivity index (χ1n) is 4.97. The highest BCUT2D eigenvalue weighted by molar-refractivity contribution is 5.44. The Morgan fingerprint density at radius 2 is 2.21 bits per heavy atom. The molecule has 0 saturated carbocycles. The molecule has 0 N–H and O–H groups in total. The SMILES string of the molecule is C=CCc1cccc(/C=C/C(C)C)n1. The lowest BCUT2D eigenvalue weighted by Gasteiger charge is -1.98. The molecule has 1 aromatic heterocycles. The Hall–Kier alpha value is -1.37. The van der Waals surface area contributed by atoms with Crippen LogP contribution in [0.15, 0.2) is 36.9 Å². The maximum atomic E-state index is 4.48. The number of aromatic nitrogens is 1. The zero-order valence-corrected chi connectivity index (χ0v) is 8.90. The van der Waals surface area contributed by atoms with E-state index in [1.807, 2.05) is 24.3 Å². The highest BCUT2D eigenvalue weighted by Crippen LogP contribution is 2.05. The van der Waals surface area contributed by atoms with Crippen molar-refractivity contribution in [3.63, 3.8) is 0 Å². The number of hydrogen-bond acceptors (Lipinski definition) is 1. The molecule has 0 aromatic carbocycles. The van der Waals surface area contributed by atoms with E-state index in [2.05, 4.69) is 37.6 Å². The molecule has 0 fully saturated rings. The smallest absolute Gasteiger partial charge is 0.0630 e. The van der Waals surface area contributed by atoms with Crippen molar-refractivity contribution in [2.75, 3.05) is 0 Å². The van der Waals surface area contributed by atoms with Crippen LogP contribution < -0.4 is 0 Å². The lowest BCUT2D eigenvalue weighted by atomic mass is 10.2. The van der Waals surface area contributed by atoms with Gasteiger partial charge in [0, 0.05) is 12.1 Å². The number of pyridine rings is 1. The second-order valence-electron chi connectivity index (χ2n) is 3.65. The second kappa shape index (κ2) is 5.38. The van der Waals surface area contributed by atoms with Crippen molar-refractivity contribution in [1.82, 2.24) is 4.98 Å². The summed E-state index contributed by atoms with van der Waals surface area (Å²) in [6.07, 6.45) is 6.93. The number of rotatable bonds is 4. The fourth-order valence-corrected chi connectivity index (χ4v) is 1.14. The standard InChI is InChI=1S/C13H17N/c1-4-6-12-7-5-8-13(14-12)10-9-11(2)3/h4-5,7-11H,1,6H2,2-3H3/b10-9+. The predicted octanol–water partition coefficient (Wildman–Crippen LogP) is 3.48. The van der Waals surface area contributed by atoms with Gasteiger partial charge in [-0.1, -0.05) is 32.1 Å². The summed E-state index contributed by atoms with van der Waals surface area (Å²) in [6, 6.07) is 6.08. The van der Waals surface area contributed by atoms with Gasteiger partial charge in [-0.25, -0.2) is 0 Å². The maximum Gasteiger partial charge on any atom is 0.0630 e. The Labute approximate surface area is 86.2 Å². The van der Waals surface area contributed by atoms with E-state index in [0.717, 1.165) is 17.8 Å². The minimum Gasteiger partial charge on any atom is -0.253 e. The molecule has 74 valence electrons. The topological polar surface area (TPSA) is 12.9 Å². The fraction of sp³-hybridized carbons (Fsp3) is 0.308. The van der Waals surface area contributed by atoms with Gasteiger partial charge >= 0.3 is 0 Å². The van der Waals surface area contributed by atoms with Crippen LogP contribution in [0.1, 0.15) is 25.2 Å². The van der Waals surface area contributed by atoms with E-state index in [1.54, 1.807) is 0 Å². The first-order chi connectivity index (χ1) is 6.72. The molecule has 1 heterocycles. The zero-order valence-electron chi connectivity index (χ0n) is 8.90. The van der Waals surface area contributed by atoms with Crippen LogP contribution in [-0.4, -0.2) is 4.98 Å². The van der Waals surface area contributed by atoms with Gasteiger partial charge in [0.2, 0.25) is 0 Å². The van der Waals surface area contributed by atoms with Gasteiger partial charge in [-0.15, -0.1) is 6.58 Å². The summed E-state index contributed by atoms with van der Waals surface area (Å²) in [5, 5.41) is 0. The van der Waals surface area contributed by atoms with E-state index in [-0.39, 0.29) is 0 Å². The van der Waals surface area contributed by atoms with Crippen molar-refractivity contribution in [2.24, 2.45) is 5.92 Å². The number of nitrogens with zero attached hydrogens (tertiary/aromatic N) is 1. The Kier molecular flexibility index (Phi) is 4.11. The summed E-state index contributed by atoms with van der Waals surface area (Å²) in [7, 11) is 0. The molecule has 1 aromatic rings. The van der Waals surface area contributed by atoms with Crippen LogP contribution >= 0.6 is 0 Å². The first-order valence-corrected chi connectivity index (χ1v) is 4.97. The van der Waals surface area contributed by atoms with Crippen LogP contribution in [0, 0.1) is 5.92 Å². The molecule has 0 atom stereocenters. The molecule has 0 radical (unpaired) electrons. The van der Waals surface area contributed by atoms with Gasteiger partial charge in [0.25, 0.3) is 0 Å². The van der Waals surface area contributed by atoms with Crippen LogP contribution in [0.4, 0.5) is 0 Å². The predicted molar refractivity (Wildman–Crippen MR) is 62.0 cm³/mol. The summed E-state index contributed by atoms with van der Waals surface area (Å²) in [5.74, 6) is 0.569. The lowest BCUT2D eigenvalue weighted by Crippen LogP contribution is -1.89. The average Bonchev–Trinajstić information content (AvgIpc) is 2.16.